The van der Waals surface area contributed by atoms with E-state index < -0.39 is 20.9 Å². The van der Waals surface area contributed by atoms with E-state index in [1.165, 1.54) is 42.5 Å². The molecule has 0 radical (unpaired) electrons. The number of nitro groups is 1. The SMILES string of the molecule is Cc1ccc([N+](=O)[O-])cc1NC(=O)c1cccc(S(=O)(=O)NCc2ccccc2)c1. The van der Waals surface area contributed by atoms with E-state index in [4.69, 9.17) is 0 Å². The van der Waals surface area contributed by atoms with Gasteiger partial charge in [0.15, 0.2) is 0 Å². The minimum atomic E-state index is -3.83. The van der Waals surface area contributed by atoms with Gasteiger partial charge in [-0.3, -0.25) is 14.9 Å². The van der Waals surface area contributed by atoms with E-state index in [9.17, 15) is 23.3 Å². The quantitative estimate of drug-likeness (QED) is 0.443. The van der Waals surface area contributed by atoms with E-state index in [-0.39, 0.29) is 28.4 Å². The maximum atomic E-state index is 12.6. The number of non-ortho nitro benzene ring substituents is 1. The largest absolute Gasteiger partial charge is 0.321 e. The van der Waals surface area contributed by atoms with Crippen LogP contribution < -0.4 is 10.0 Å². The van der Waals surface area contributed by atoms with Crippen molar-refractivity contribution in [2.45, 2.75) is 18.4 Å². The summed E-state index contributed by atoms with van der Waals surface area (Å²) in [6.45, 7) is 1.82. The molecule has 0 bridgehead atoms. The van der Waals surface area contributed by atoms with E-state index >= 15 is 0 Å². The molecule has 0 saturated heterocycles. The summed E-state index contributed by atoms with van der Waals surface area (Å²) < 4.78 is 27.7. The third-order valence-corrected chi connectivity index (χ3v) is 5.79. The molecule has 0 unspecified atom stereocenters. The maximum Gasteiger partial charge on any atom is 0.271 e. The first-order valence-electron chi connectivity index (χ1n) is 8.96. The number of aryl methyl sites for hydroxylation is 1. The van der Waals surface area contributed by atoms with Crippen LogP contribution in [0, 0.1) is 17.0 Å². The number of carbonyl (C=O) groups excluding carboxylic acids is 1. The number of hydrogen-bond acceptors (Lipinski definition) is 5. The van der Waals surface area contributed by atoms with Gasteiger partial charge in [-0.15, -0.1) is 0 Å². The number of amides is 1. The van der Waals surface area contributed by atoms with Crippen molar-refractivity contribution in [2.24, 2.45) is 0 Å². The van der Waals surface area contributed by atoms with Crippen molar-refractivity contribution in [1.82, 2.24) is 4.72 Å². The number of hydrogen-bond donors (Lipinski definition) is 2. The molecular formula is C21H19N3O5S. The molecule has 3 rings (SSSR count). The number of carbonyl (C=O) groups is 1. The standard InChI is InChI=1S/C21H19N3O5S/c1-15-10-11-18(24(26)27)13-20(15)23-21(25)17-8-5-9-19(12-17)30(28,29)22-14-16-6-3-2-4-7-16/h2-13,22H,14H2,1H3,(H,23,25). The van der Waals surface area contributed by atoms with Gasteiger partial charge in [0.2, 0.25) is 10.0 Å². The number of benzene rings is 3. The molecular weight excluding hydrogens is 406 g/mol. The van der Waals surface area contributed by atoms with E-state index in [0.717, 1.165) is 5.56 Å². The molecule has 0 aliphatic rings. The van der Waals surface area contributed by atoms with Crippen molar-refractivity contribution in [3.63, 3.8) is 0 Å². The zero-order valence-corrected chi connectivity index (χ0v) is 16.8. The molecule has 3 aromatic carbocycles. The van der Waals surface area contributed by atoms with Crippen LogP contribution in [0.15, 0.2) is 77.7 Å². The Labute approximate surface area is 173 Å². The number of anilines is 1. The van der Waals surface area contributed by atoms with Crippen LogP contribution in [0.4, 0.5) is 11.4 Å². The Hall–Kier alpha value is -3.56. The number of nitro benzene ring substituents is 1. The summed E-state index contributed by atoms with van der Waals surface area (Å²) in [6, 6.07) is 18.8. The average molecular weight is 425 g/mol. The van der Waals surface area contributed by atoms with E-state index in [0.29, 0.717) is 5.56 Å². The van der Waals surface area contributed by atoms with Crippen LogP contribution in [0.25, 0.3) is 0 Å². The molecule has 1 amide bonds. The molecule has 0 atom stereocenters. The monoisotopic (exact) mass is 425 g/mol. The van der Waals surface area contributed by atoms with Gasteiger partial charge in [-0.05, 0) is 36.2 Å². The van der Waals surface area contributed by atoms with Gasteiger partial charge < -0.3 is 5.32 Å². The topological polar surface area (TPSA) is 118 Å². The third-order valence-electron chi connectivity index (χ3n) is 4.40. The summed E-state index contributed by atoms with van der Waals surface area (Å²) in [7, 11) is -3.83. The molecule has 0 aliphatic carbocycles. The highest BCUT2D eigenvalue weighted by Crippen LogP contribution is 2.23. The Bertz CT molecular complexity index is 1190. The van der Waals surface area contributed by atoms with Gasteiger partial charge in [0.25, 0.3) is 11.6 Å². The Kier molecular flexibility index (Phi) is 6.24. The Morgan fingerprint density at radius 3 is 2.43 bits per heavy atom. The molecule has 0 aliphatic heterocycles. The number of nitrogens with zero attached hydrogens (tertiary/aromatic N) is 1. The first-order valence-corrected chi connectivity index (χ1v) is 10.4. The lowest BCUT2D eigenvalue weighted by atomic mass is 10.1. The van der Waals surface area contributed by atoms with Crippen molar-refractivity contribution in [2.75, 3.05) is 5.32 Å². The van der Waals surface area contributed by atoms with Crippen molar-refractivity contribution < 1.29 is 18.1 Å². The summed E-state index contributed by atoms with van der Waals surface area (Å²) in [5.74, 6) is -0.571. The summed E-state index contributed by atoms with van der Waals surface area (Å²) >= 11 is 0. The average Bonchev–Trinajstić information content (AvgIpc) is 2.74. The molecule has 0 spiro atoms. The third kappa shape index (κ3) is 5.07. The highest BCUT2D eigenvalue weighted by Gasteiger charge is 2.17. The van der Waals surface area contributed by atoms with Gasteiger partial charge in [0.05, 0.1) is 15.5 Å². The summed E-state index contributed by atoms with van der Waals surface area (Å²) in [4.78, 5) is 23.0. The Morgan fingerprint density at radius 1 is 1.00 bits per heavy atom. The molecule has 0 heterocycles. The maximum absolute atomic E-state index is 12.6. The minimum absolute atomic E-state index is 0.0538. The summed E-state index contributed by atoms with van der Waals surface area (Å²) in [5.41, 5.74) is 1.68. The van der Waals surface area contributed by atoms with Crippen molar-refractivity contribution in [3.8, 4) is 0 Å². The number of nitrogens with one attached hydrogen (secondary N) is 2. The van der Waals surface area contributed by atoms with Gasteiger partial charge in [0, 0.05) is 24.2 Å². The van der Waals surface area contributed by atoms with Crippen LogP contribution in [0.2, 0.25) is 0 Å². The molecule has 2 N–H and O–H groups in total. The second-order valence-corrected chi connectivity index (χ2v) is 8.32. The zero-order valence-electron chi connectivity index (χ0n) is 16.0. The zero-order chi connectivity index (χ0) is 21.7. The molecule has 0 aromatic heterocycles. The van der Waals surface area contributed by atoms with Gasteiger partial charge in [-0.2, -0.15) is 0 Å². The van der Waals surface area contributed by atoms with Gasteiger partial charge in [-0.25, -0.2) is 13.1 Å². The molecule has 0 fully saturated rings. The second kappa shape index (κ2) is 8.85. The van der Waals surface area contributed by atoms with Crippen LogP contribution in [-0.4, -0.2) is 19.2 Å². The number of rotatable bonds is 7. The summed E-state index contributed by atoms with van der Waals surface area (Å²) in [5, 5.41) is 13.6. The fourth-order valence-corrected chi connectivity index (χ4v) is 3.78. The fourth-order valence-electron chi connectivity index (χ4n) is 2.71. The lowest BCUT2D eigenvalue weighted by molar-refractivity contribution is -0.384. The molecule has 30 heavy (non-hydrogen) atoms. The molecule has 8 nitrogen and oxygen atoms in total. The predicted octanol–water partition coefficient (Wildman–Crippen LogP) is 3.63. The summed E-state index contributed by atoms with van der Waals surface area (Å²) in [6.07, 6.45) is 0. The van der Waals surface area contributed by atoms with Gasteiger partial charge in [0.1, 0.15) is 0 Å². The predicted molar refractivity (Wildman–Crippen MR) is 113 cm³/mol. The molecule has 0 saturated carbocycles. The molecule has 9 heteroatoms. The molecule has 154 valence electrons. The van der Waals surface area contributed by atoms with Crippen LogP contribution in [0.1, 0.15) is 21.5 Å². The molecule has 3 aromatic rings. The van der Waals surface area contributed by atoms with E-state index in [2.05, 4.69) is 10.0 Å². The van der Waals surface area contributed by atoms with Crippen LogP contribution in [-0.2, 0) is 16.6 Å². The van der Waals surface area contributed by atoms with Crippen molar-refractivity contribution >= 4 is 27.3 Å². The normalized spacial score (nSPS) is 11.1. The van der Waals surface area contributed by atoms with Crippen molar-refractivity contribution in [1.29, 1.82) is 0 Å². The Morgan fingerprint density at radius 2 is 1.73 bits per heavy atom. The number of sulfonamides is 1. The lowest BCUT2D eigenvalue weighted by Crippen LogP contribution is -2.23. The van der Waals surface area contributed by atoms with Crippen LogP contribution in [0.3, 0.4) is 0 Å². The smallest absolute Gasteiger partial charge is 0.271 e. The van der Waals surface area contributed by atoms with Gasteiger partial charge in [-0.1, -0.05) is 42.5 Å². The highest BCUT2D eigenvalue weighted by atomic mass is 32.2. The van der Waals surface area contributed by atoms with Crippen LogP contribution >= 0.6 is 0 Å². The van der Waals surface area contributed by atoms with Gasteiger partial charge >= 0.3 is 0 Å². The minimum Gasteiger partial charge on any atom is -0.321 e. The van der Waals surface area contributed by atoms with Crippen molar-refractivity contribution in [3.05, 3.63) is 99.6 Å². The Balaban J connectivity index is 1.78. The van der Waals surface area contributed by atoms with Crippen LogP contribution in [0.5, 0.6) is 0 Å². The highest BCUT2D eigenvalue weighted by molar-refractivity contribution is 7.89. The first kappa shape index (κ1) is 21.2. The van der Waals surface area contributed by atoms with E-state index in [1.54, 1.807) is 19.1 Å². The van der Waals surface area contributed by atoms with E-state index in [1.807, 2.05) is 18.2 Å². The first-order chi connectivity index (χ1) is 14.3. The lowest BCUT2D eigenvalue weighted by Gasteiger charge is -2.10. The second-order valence-electron chi connectivity index (χ2n) is 6.55. The fraction of sp³-hybridized carbons (Fsp3) is 0.0952.